The average molecular weight is 277 g/mol. The number of amides is 1. The van der Waals surface area contributed by atoms with Crippen molar-refractivity contribution in [2.75, 3.05) is 6.61 Å². The van der Waals surface area contributed by atoms with Crippen LogP contribution in [0.2, 0.25) is 0 Å². The van der Waals surface area contributed by atoms with Gasteiger partial charge in [0.2, 0.25) is 0 Å². The van der Waals surface area contributed by atoms with E-state index in [-0.39, 0.29) is 18.1 Å². The summed E-state index contributed by atoms with van der Waals surface area (Å²) in [6, 6.07) is 6.01. The van der Waals surface area contributed by atoms with Gasteiger partial charge in [-0.2, -0.15) is 0 Å². The van der Waals surface area contributed by atoms with E-state index < -0.39 is 5.97 Å². The number of ether oxygens (including phenoxy) is 1. The maximum Gasteiger partial charge on any atom is 0.338 e. The minimum Gasteiger partial charge on any atom is -0.452 e. The molecule has 0 aliphatic carbocycles. The molecule has 1 rings (SSSR count). The van der Waals surface area contributed by atoms with Crippen LogP contribution in [0.25, 0.3) is 0 Å². The molecule has 0 spiro atoms. The fourth-order valence-corrected chi connectivity index (χ4v) is 1.41. The molecule has 0 aliphatic heterocycles. The molecule has 20 heavy (non-hydrogen) atoms. The summed E-state index contributed by atoms with van der Waals surface area (Å²) >= 11 is 0. The van der Waals surface area contributed by atoms with Gasteiger partial charge in [0.25, 0.3) is 5.91 Å². The minimum atomic E-state index is -0.591. The monoisotopic (exact) mass is 277 g/mol. The van der Waals surface area contributed by atoms with Crippen molar-refractivity contribution in [3.8, 4) is 0 Å². The molecule has 5 heteroatoms. The largest absolute Gasteiger partial charge is 0.452 e. The van der Waals surface area contributed by atoms with Gasteiger partial charge in [-0.05, 0) is 32.4 Å². The summed E-state index contributed by atoms with van der Waals surface area (Å²) in [5, 5.41) is 2.77. The number of hydrogen-bond donors (Lipinski definition) is 1. The highest BCUT2D eigenvalue weighted by Gasteiger charge is 2.18. The molecule has 0 fully saturated rings. The molecule has 0 saturated heterocycles. The zero-order valence-electron chi connectivity index (χ0n) is 11.9. The van der Waals surface area contributed by atoms with E-state index in [0.29, 0.717) is 17.4 Å². The molecule has 0 heterocycles. The van der Waals surface area contributed by atoms with Gasteiger partial charge in [0.15, 0.2) is 6.61 Å². The lowest BCUT2D eigenvalue weighted by Gasteiger charge is -2.24. The van der Waals surface area contributed by atoms with Crippen molar-refractivity contribution in [1.82, 2.24) is 5.32 Å². The van der Waals surface area contributed by atoms with Crippen molar-refractivity contribution in [3.63, 3.8) is 0 Å². The molecule has 108 valence electrons. The fourth-order valence-electron chi connectivity index (χ4n) is 1.41. The summed E-state index contributed by atoms with van der Waals surface area (Å²) in [4.78, 5) is 33.8. The Morgan fingerprint density at radius 3 is 2.35 bits per heavy atom. The third-order valence-corrected chi connectivity index (χ3v) is 2.98. The summed E-state index contributed by atoms with van der Waals surface area (Å²) in [6.07, 6.45) is 1.47. The number of carbonyl (C=O) groups excluding carboxylic acids is 3. The van der Waals surface area contributed by atoms with Gasteiger partial charge in [0.1, 0.15) is 6.29 Å². The molecule has 0 unspecified atom stereocenters. The van der Waals surface area contributed by atoms with Gasteiger partial charge in [-0.1, -0.05) is 19.1 Å². The predicted molar refractivity (Wildman–Crippen MR) is 74.6 cm³/mol. The molecule has 0 radical (unpaired) electrons. The Labute approximate surface area is 118 Å². The highest BCUT2D eigenvalue weighted by molar-refractivity contribution is 5.92. The number of hydrogen-bond acceptors (Lipinski definition) is 4. The van der Waals surface area contributed by atoms with Gasteiger partial charge in [-0.25, -0.2) is 4.79 Å². The highest BCUT2D eigenvalue weighted by atomic mass is 16.5. The Balaban J connectivity index is 2.50. The summed E-state index contributed by atoms with van der Waals surface area (Å²) in [5.41, 5.74) is 0.455. The van der Waals surface area contributed by atoms with Crippen LogP contribution in [-0.4, -0.2) is 30.3 Å². The number of nitrogens with one attached hydrogen (secondary N) is 1. The molecule has 1 amide bonds. The quantitative estimate of drug-likeness (QED) is 0.637. The van der Waals surface area contributed by atoms with Gasteiger partial charge in [0.05, 0.1) is 5.56 Å². The van der Waals surface area contributed by atoms with Crippen LogP contribution in [0.1, 0.15) is 47.9 Å². The Kier molecular flexibility index (Phi) is 5.43. The molecule has 1 N–H and O–H groups in total. The van der Waals surface area contributed by atoms with E-state index in [0.717, 1.165) is 6.42 Å². The second-order valence-corrected chi connectivity index (χ2v) is 5.10. The fraction of sp³-hybridized carbons (Fsp3) is 0.400. The molecule has 5 nitrogen and oxygen atoms in total. The van der Waals surface area contributed by atoms with Crippen molar-refractivity contribution >= 4 is 18.2 Å². The van der Waals surface area contributed by atoms with Crippen LogP contribution in [0.15, 0.2) is 24.3 Å². The maximum absolute atomic E-state index is 11.7. The van der Waals surface area contributed by atoms with Crippen molar-refractivity contribution in [1.29, 1.82) is 0 Å². The lowest BCUT2D eigenvalue weighted by Crippen LogP contribution is -2.44. The maximum atomic E-state index is 11.7. The van der Waals surface area contributed by atoms with E-state index >= 15 is 0 Å². The van der Waals surface area contributed by atoms with Crippen LogP contribution in [0, 0.1) is 0 Å². The number of aldehydes is 1. The van der Waals surface area contributed by atoms with Crippen LogP contribution in [0.3, 0.4) is 0 Å². The second-order valence-electron chi connectivity index (χ2n) is 5.10. The summed E-state index contributed by atoms with van der Waals surface area (Å²) in [7, 11) is 0. The first-order valence-electron chi connectivity index (χ1n) is 6.41. The highest BCUT2D eigenvalue weighted by Crippen LogP contribution is 2.07. The van der Waals surface area contributed by atoms with E-state index in [1.807, 2.05) is 20.8 Å². The van der Waals surface area contributed by atoms with E-state index in [1.54, 1.807) is 0 Å². The van der Waals surface area contributed by atoms with Crippen LogP contribution in [0.4, 0.5) is 0 Å². The van der Waals surface area contributed by atoms with E-state index in [4.69, 9.17) is 4.74 Å². The van der Waals surface area contributed by atoms with Gasteiger partial charge >= 0.3 is 5.97 Å². The summed E-state index contributed by atoms with van der Waals surface area (Å²) in [6.45, 7) is 5.42. The van der Waals surface area contributed by atoms with E-state index in [9.17, 15) is 14.4 Å². The first kappa shape index (κ1) is 15.9. The van der Waals surface area contributed by atoms with Gasteiger partial charge in [0, 0.05) is 11.1 Å². The number of carbonyl (C=O) groups is 3. The molecule has 0 saturated carbocycles. The lowest BCUT2D eigenvalue weighted by molar-refractivity contribution is -0.125. The van der Waals surface area contributed by atoms with Crippen LogP contribution >= 0.6 is 0 Å². The lowest BCUT2D eigenvalue weighted by atomic mass is 10.0. The number of rotatable bonds is 6. The van der Waals surface area contributed by atoms with E-state index in [2.05, 4.69) is 5.32 Å². The summed E-state index contributed by atoms with van der Waals surface area (Å²) in [5.74, 6) is -0.929. The molecule has 1 aromatic rings. The Bertz CT molecular complexity index is 491. The van der Waals surface area contributed by atoms with Gasteiger partial charge < -0.3 is 10.1 Å². The first-order chi connectivity index (χ1) is 9.38. The zero-order chi connectivity index (χ0) is 15.2. The minimum absolute atomic E-state index is 0.304. The first-order valence-corrected chi connectivity index (χ1v) is 6.41. The second kappa shape index (κ2) is 6.84. The standard InChI is InChI=1S/C15H19NO4/c1-4-15(2,3)16-13(18)10-20-14(19)12-7-5-11(9-17)6-8-12/h5-9H,4,10H2,1-3H3,(H,16,18). The van der Waals surface area contributed by atoms with Crippen LogP contribution < -0.4 is 5.32 Å². The molecular formula is C15H19NO4. The Morgan fingerprint density at radius 1 is 1.25 bits per heavy atom. The van der Waals surface area contributed by atoms with Crippen molar-refractivity contribution in [2.45, 2.75) is 32.7 Å². The number of esters is 1. The zero-order valence-corrected chi connectivity index (χ0v) is 11.9. The molecule has 0 bridgehead atoms. The third-order valence-electron chi connectivity index (χ3n) is 2.98. The topological polar surface area (TPSA) is 72.5 Å². The van der Waals surface area contributed by atoms with Crippen molar-refractivity contribution in [2.24, 2.45) is 0 Å². The van der Waals surface area contributed by atoms with Crippen molar-refractivity contribution < 1.29 is 19.1 Å². The SMILES string of the molecule is CCC(C)(C)NC(=O)COC(=O)c1ccc(C=O)cc1. The average Bonchev–Trinajstić information content (AvgIpc) is 2.44. The van der Waals surface area contributed by atoms with Gasteiger partial charge in [-0.3, -0.25) is 9.59 Å². The molecule has 0 aliphatic rings. The third kappa shape index (κ3) is 4.84. The Morgan fingerprint density at radius 2 is 1.85 bits per heavy atom. The number of benzene rings is 1. The van der Waals surface area contributed by atoms with Crippen LogP contribution in [0.5, 0.6) is 0 Å². The van der Waals surface area contributed by atoms with E-state index in [1.165, 1.54) is 24.3 Å². The Hall–Kier alpha value is -2.17. The summed E-state index contributed by atoms with van der Waals surface area (Å²) < 4.78 is 4.91. The van der Waals surface area contributed by atoms with Crippen molar-refractivity contribution in [3.05, 3.63) is 35.4 Å². The smallest absolute Gasteiger partial charge is 0.338 e. The molecule has 1 aromatic carbocycles. The van der Waals surface area contributed by atoms with Crippen LogP contribution in [-0.2, 0) is 9.53 Å². The normalized spacial score (nSPS) is 10.8. The molecule has 0 atom stereocenters. The predicted octanol–water partition coefficient (Wildman–Crippen LogP) is 1.96. The molecular weight excluding hydrogens is 258 g/mol. The molecule has 0 aromatic heterocycles. The van der Waals surface area contributed by atoms with Gasteiger partial charge in [-0.15, -0.1) is 0 Å².